The summed E-state index contributed by atoms with van der Waals surface area (Å²) in [6.45, 7) is 0.381. The number of halogens is 1. The number of benzene rings is 1. The summed E-state index contributed by atoms with van der Waals surface area (Å²) in [6.07, 6.45) is 1.40. The molecule has 5 heteroatoms. The molecule has 1 amide bonds. The van der Waals surface area contributed by atoms with Gasteiger partial charge in [0, 0.05) is 6.08 Å². The Kier molecular flexibility index (Phi) is 3.01. The zero-order valence-corrected chi connectivity index (χ0v) is 9.38. The second kappa shape index (κ2) is 4.45. The Bertz CT molecular complexity index is 457. The molecular weight excluding hydrogens is 230 g/mol. The van der Waals surface area contributed by atoms with Crippen LogP contribution < -0.4 is 14.8 Å². The van der Waals surface area contributed by atoms with Crippen molar-refractivity contribution < 1.29 is 14.3 Å². The number of amides is 1. The van der Waals surface area contributed by atoms with Crippen molar-refractivity contribution in [2.75, 3.05) is 13.7 Å². The number of hydrogen-bond acceptors (Lipinski definition) is 3. The minimum atomic E-state index is -0.158. The van der Waals surface area contributed by atoms with Crippen LogP contribution in [0.5, 0.6) is 11.5 Å². The molecule has 1 aromatic rings. The van der Waals surface area contributed by atoms with Gasteiger partial charge in [0.2, 0.25) is 5.91 Å². The zero-order chi connectivity index (χ0) is 11.5. The first-order chi connectivity index (χ1) is 7.70. The third-order valence-corrected chi connectivity index (χ3v) is 2.49. The molecule has 4 nitrogen and oxygen atoms in total. The highest BCUT2D eigenvalue weighted by Gasteiger charge is 2.15. The molecule has 0 radical (unpaired) electrons. The summed E-state index contributed by atoms with van der Waals surface area (Å²) < 4.78 is 10.5. The number of rotatable bonds is 3. The molecule has 2 rings (SSSR count). The number of carbonyl (C=O) groups is 1. The van der Waals surface area contributed by atoms with E-state index >= 15 is 0 Å². The first kappa shape index (κ1) is 10.8. The summed E-state index contributed by atoms with van der Waals surface area (Å²) in [5.41, 5.74) is 0. The maximum Gasteiger partial charge on any atom is 0.247 e. The van der Waals surface area contributed by atoms with Crippen molar-refractivity contribution in [2.45, 2.75) is 0 Å². The summed E-state index contributed by atoms with van der Waals surface area (Å²) in [7, 11) is 1.53. The normalized spacial score (nSPS) is 14.4. The van der Waals surface area contributed by atoms with E-state index in [1.165, 1.54) is 13.2 Å². The average Bonchev–Trinajstić information content (AvgIpc) is 2.67. The van der Waals surface area contributed by atoms with E-state index in [-0.39, 0.29) is 5.91 Å². The van der Waals surface area contributed by atoms with E-state index in [0.717, 1.165) is 0 Å². The molecule has 0 bridgehead atoms. The van der Waals surface area contributed by atoms with Gasteiger partial charge in [-0.15, -0.1) is 0 Å². The largest absolute Gasteiger partial charge is 0.495 e. The zero-order valence-electron chi connectivity index (χ0n) is 8.62. The van der Waals surface area contributed by atoms with Crippen LogP contribution in [0, 0.1) is 0 Å². The highest BCUT2D eigenvalue weighted by molar-refractivity contribution is 6.33. The first-order valence-corrected chi connectivity index (χ1v) is 5.07. The lowest BCUT2D eigenvalue weighted by atomic mass is 10.3. The van der Waals surface area contributed by atoms with E-state index in [0.29, 0.717) is 28.8 Å². The Morgan fingerprint density at radius 3 is 2.75 bits per heavy atom. The molecule has 0 aromatic heterocycles. The minimum Gasteiger partial charge on any atom is -0.495 e. The Morgan fingerprint density at radius 2 is 2.12 bits per heavy atom. The summed E-state index contributed by atoms with van der Waals surface area (Å²) in [4.78, 5) is 10.9. The smallest absolute Gasteiger partial charge is 0.247 e. The number of nitrogens with one attached hydrogen (secondary N) is 1. The molecular formula is C11H10ClNO3. The Balaban J connectivity index is 2.22. The Labute approximate surface area is 97.8 Å². The van der Waals surface area contributed by atoms with E-state index in [4.69, 9.17) is 21.1 Å². The van der Waals surface area contributed by atoms with Gasteiger partial charge >= 0.3 is 0 Å². The molecule has 0 aliphatic carbocycles. The molecule has 0 saturated heterocycles. The van der Waals surface area contributed by atoms with Crippen LogP contribution >= 0.6 is 11.6 Å². The van der Waals surface area contributed by atoms with Crippen LogP contribution in [-0.4, -0.2) is 19.6 Å². The lowest BCUT2D eigenvalue weighted by molar-refractivity contribution is -0.115. The Morgan fingerprint density at radius 1 is 1.38 bits per heavy atom. The van der Waals surface area contributed by atoms with Crippen molar-refractivity contribution in [3.05, 3.63) is 35.1 Å². The lowest BCUT2D eigenvalue weighted by Gasteiger charge is -2.10. The van der Waals surface area contributed by atoms with Crippen LogP contribution in [0.15, 0.2) is 30.0 Å². The molecule has 1 aromatic carbocycles. The quantitative estimate of drug-likeness (QED) is 0.874. The van der Waals surface area contributed by atoms with Crippen LogP contribution in [0.2, 0.25) is 5.02 Å². The maximum absolute atomic E-state index is 10.9. The van der Waals surface area contributed by atoms with Gasteiger partial charge in [-0.2, -0.15) is 0 Å². The van der Waals surface area contributed by atoms with Gasteiger partial charge in [-0.05, 0) is 12.1 Å². The van der Waals surface area contributed by atoms with Gasteiger partial charge in [-0.25, -0.2) is 0 Å². The maximum atomic E-state index is 10.9. The minimum absolute atomic E-state index is 0.158. The molecule has 0 spiro atoms. The standard InChI is InChI=1S/C11H10ClNO3/c1-15-8-3-2-4-9(11(8)12)16-7-5-10(14)13-6-7/h2-5H,6H2,1H3,(H,13,14). The van der Waals surface area contributed by atoms with Crippen LogP contribution in [0.25, 0.3) is 0 Å². The molecule has 1 aliphatic heterocycles. The second-order valence-corrected chi connectivity index (χ2v) is 3.58. The first-order valence-electron chi connectivity index (χ1n) is 4.69. The Hall–Kier alpha value is -1.68. The van der Waals surface area contributed by atoms with Crippen LogP contribution in [0.4, 0.5) is 0 Å². The third kappa shape index (κ3) is 2.12. The molecule has 16 heavy (non-hydrogen) atoms. The topological polar surface area (TPSA) is 47.6 Å². The second-order valence-electron chi connectivity index (χ2n) is 3.20. The highest BCUT2D eigenvalue weighted by Crippen LogP contribution is 2.34. The van der Waals surface area contributed by atoms with Crippen molar-refractivity contribution in [3.8, 4) is 11.5 Å². The molecule has 84 valence electrons. The van der Waals surface area contributed by atoms with Crippen molar-refractivity contribution in [3.63, 3.8) is 0 Å². The van der Waals surface area contributed by atoms with E-state index in [2.05, 4.69) is 5.32 Å². The van der Waals surface area contributed by atoms with E-state index < -0.39 is 0 Å². The summed E-state index contributed by atoms with van der Waals surface area (Å²) in [5, 5.41) is 3.00. The fraction of sp³-hybridized carbons (Fsp3) is 0.182. The third-order valence-electron chi connectivity index (χ3n) is 2.12. The predicted molar refractivity (Wildman–Crippen MR) is 59.7 cm³/mol. The number of hydrogen-bond donors (Lipinski definition) is 1. The van der Waals surface area contributed by atoms with E-state index in [9.17, 15) is 4.79 Å². The number of carbonyl (C=O) groups excluding carboxylic acids is 1. The van der Waals surface area contributed by atoms with Crippen molar-refractivity contribution >= 4 is 17.5 Å². The van der Waals surface area contributed by atoms with Gasteiger partial charge < -0.3 is 14.8 Å². The fourth-order valence-corrected chi connectivity index (χ4v) is 1.60. The van der Waals surface area contributed by atoms with Crippen molar-refractivity contribution in [2.24, 2.45) is 0 Å². The molecule has 1 N–H and O–H groups in total. The summed E-state index contributed by atoms with van der Waals surface area (Å²) >= 11 is 6.04. The van der Waals surface area contributed by atoms with Crippen molar-refractivity contribution in [1.29, 1.82) is 0 Å². The number of ether oxygens (including phenoxy) is 2. The van der Waals surface area contributed by atoms with Gasteiger partial charge in [0.15, 0.2) is 0 Å². The molecule has 1 heterocycles. The SMILES string of the molecule is COc1cccc(OC2=CC(=O)NC2)c1Cl. The van der Waals surface area contributed by atoms with Gasteiger partial charge in [0.25, 0.3) is 0 Å². The average molecular weight is 240 g/mol. The van der Waals surface area contributed by atoms with Crippen LogP contribution in [0.3, 0.4) is 0 Å². The lowest BCUT2D eigenvalue weighted by Crippen LogP contribution is -2.15. The van der Waals surface area contributed by atoms with Gasteiger partial charge in [0.05, 0.1) is 13.7 Å². The summed E-state index contributed by atoms with van der Waals surface area (Å²) in [5.74, 6) is 1.40. The molecule has 1 aliphatic rings. The van der Waals surface area contributed by atoms with Gasteiger partial charge in [-0.1, -0.05) is 17.7 Å². The monoisotopic (exact) mass is 239 g/mol. The molecule has 0 fully saturated rings. The highest BCUT2D eigenvalue weighted by atomic mass is 35.5. The van der Waals surface area contributed by atoms with Gasteiger partial charge in [-0.3, -0.25) is 4.79 Å². The predicted octanol–water partition coefficient (Wildman–Crippen LogP) is 1.74. The van der Waals surface area contributed by atoms with E-state index in [1.807, 2.05) is 0 Å². The molecule has 0 atom stereocenters. The van der Waals surface area contributed by atoms with Crippen LogP contribution in [0.1, 0.15) is 0 Å². The molecule has 0 unspecified atom stereocenters. The van der Waals surface area contributed by atoms with Gasteiger partial charge in [0.1, 0.15) is 22.3 Å². The summed E-state index contributed by atoms with van der Waals surface area (Å²) in [6, 6.07) is 5.22. The molecule has 0 saturated carbocycles. The number of methoxy groups -OCH3 is 1. The van der Waals surface area contributed by atoms with Crippen molar-refractivity contribution in [1.82, 2.24) is 5.32 Å². The van der Waals surface area contributed by atoms with E-state index in [1.54, 1.807) is 18.2 Å². The van der Waals surface area contributed by atoms with Crippen LogP contribution in [-0.2, 0) is 4.79 Å². The fourth-order valence-electron chi connectivity index (χ4n) is 1.36.